The molecule has 0 amide bonds. The zero-order valence-corrected chi connectivity index (χ0v) is 12.1. The van der Waals surface area contributed by atoms with Crippen molar-refractivity contribution < 1.29 is 4.79 Å². The van der Waals surface area contributed by atoms with Crippen LogP contribution < -0.4 is 0 Å². The van der Waals surface area contributed by atoms with Crippen molar-refractivity contribution in [3.63, 3.8) is 0 Å². The van der Waals surface area contributed by atoms with Crippen LogP contribution >= 0.6 is 15.9 Å². The number of halogens is 1. The molecule has 0 aromatic heterocycles. The molecule has 0 radical (unpaired) electrons. The zero-order chi connectivity index (χ0) is 13.5. The van der Waals surface area contributed by atoms with Gasteiger partial charge in [0.05, 0.1) is 0 Å². The van der Waals surface area contributed by atoms with E-state index < -0.39 is 0 Å². The number of carbonyl (C=O) groups is 1. The van der Waals surface area contributed by atoms with Crippen LogP contribution in [0.25, 0.3) is 6.08 Å². The summed E-state index contributed by atoms with van der Waals surface area (Å²) in [6.07, 6.45) is 5.41. The summed E-state index contributed by atoms with van der Waals surface area (Å²) in [5, 5.41) is 0. The summed E-state index contributed by atoms with van der Waals surface area (Å²) in [4.78, 5) is 11.9. The highest BCUT2D eigenvalue weighted by atomic mass is 79.9. The molecule has 0 spiro atoms. The van der Waals surface area contributed by atoms with Crippen molar-refractivity contribution in [1.82, 2.24) is 0 Å². The molecule has 0 fully saturated rings. The Morgan fingerprint density at radius 2 is 1.68 bits per heavy atom. The maximum atomic E-state index is 11.9. The number of allylic oxidation sites excluding steroid dienone is 1. The predicted molar refractivity (Wildman–Crippen MR) is 83.2 cm³/mol. The molecule has 0 saturated carbocycles. The lowest BCUT2D eigenvalue weighted by molar-refractivity contribution is 0.0984. The first-order chi connectivity index (χ1) is 9.25. The Kier molecular flexibility index (Phi) is 5.10. The Hall–Kier alpha value is -1.67. The predicted octanol–water partition coefficient (Wildman–Crippen LogP) is 5.13. The number of ketones is 1. The molecule has 2 heteroatoms. The smallest absolute Gasteiger partial charge is 0.163 e. The van der Waals surface area contributed by atoms with Crippen LogP contribution in [0.3, 0.4) is 0 Å². The minimum atomic E-state index is 0.185. The molecule has 19 heavy (non-hydrogen) atoms. The van der Waals surface area contributed by atoms with E-state index in [0.717, 1.165) is 16.5 Å². The molecule has 0 aliphatic heterocycles. The summed E-state index contributed by atoms with van der Waals surface area (Å²) in [5.74, 6) is 0.185. The molecule has 0 unspecified atom stereocenters. The van der Waals surface area contributed by atoms with Crippen LogP contribution in [0.2, 0.25) is 0 Å². The van der Waals surface area contributed by atoms with Gasteiger partial charge in [-0.05, 0) is 24.1 Å². The maximum absolute atomic E-state index is 11.9. The highest BCUT2D eigenvalue weighted by Crippen LogP contribution is 2.13. The average molecular weight is 315 g/mol. The monoisotopic (exact) mass is 314 g/mol. The average Bonchev–Trinajstić information content (AvgIpc) is 2.45. The molecule has 0 heterocycles. The van der Waals surface area contributed by atoms with E-state index in [9.17, 15) is 4.79 Å². The fraction of sp³-hybridized carbons (Fsp3) is 0.118. The van der Waals surface area contributed by atoms with Gasteiger partial charge in [0.25, 0.3) is 0 Å². The van der Waals surface area contributed by atoms with E-state index in [0.29, 0.717) is 6.42 Å². The van der Waals surface area contributed by atoms with Crippen molar-refractivity contribution >= 4 is 27.8 Å². The van der Waals surface area contributed by atoms with Gasteiger partial charge < -0.3 is 0 Å². The topological polar surface area (TPSA) is 17.1 Å². The van der Waals surface area contributed by atoms with Crippen molar-refractivity contribution in [2.45, 2.75) is 12.8 Å². The number of rotatable bonds is 5. The Bertz CT molecular complexity index is 556. The zero-order valence-electron chi connectivity index (χ0n) is 10.6. The van der Waals surface area contributed by atoms with Crippen molar-refractivity contribution in [2.75, 3.05) is 0 Å². The van der Waals surface area contributed by atoms with Crippen molar-refractivity contribution in [2.24, 2.45) is 0 Å². The summed E-state index contributed by atoms with van der Waals surface area (Å²) in [6, 6.07) is 17.6. The van der Waals surface area contributed by atoms with Gasteiger partial charge in [-0.15, -0.1) is 0 Å². The van der Waals surface area contributed by atoms with E-state index in [1.165, 1.54) is 5.56 Å². The van der Waals surface area contributed by atoms with Gasteiger partial charge in [-0.2, -0.15) is 0 Å². The number of carbonyl (C=O) groups excluding carboxylic acids is 1. The van der Waals surface area contributed by atoms with Crippen LogP contribution in [0.4, 0.5) is 0 Å². The van der Waals surface area contributed by atoms with Gasteiger partial charge in [0, 0.05) is 16.5 Å². The number of hydrogen-bond donors (Lipinski definition) is 0. The first kappa shape index (κ1) is 13.8. The van der Waals surface area contributed by atoms with Gasteiger partial charge in [-0.25, -0.2) is 0 Å². The molecule has 0 aliphatic carbocycles. The Labute approximate surface area is 122 Å². The third-order valence-electron chi connectivity index (χ3n) is 2.81. The lowest BCUT2D eigenvalue weighted by atomic mass is 10.1. The third kappa shape index (κ3) is 4.49. The van der Waals surface area contributed by atoms with Gasteiger partial charge in [-0.3, -0.25) is 4.79 Å². The van der Waals surface area contributed by atoms with Crippen LogP contribution in [-0.4, -0.2) is 5.78 Å². The van der Waals surface area contributed by atoms with Crippen LogP contribution in [0.5, 0.6) is 0 Å². The first-order valence-corrected chi connectivity index (χ1v) is 7.05. The molecule has 2 aromatic carbocycles. The van der Waals surface area contributed by atoms with Gasteiger partial charge in [0.15, 0.2) is 5.78 Å². The molecule has 96 valence electrons. The minimum Gasteiger partial charge on any atom is -0.294 e. The summed E-state index contributed by atoms with van der Waals surface area (Å²) in [7, 11) is 0. The van der Waals surface area contributed by atoms with Gasteiger partial charge in [0.1, 0.15) is 0 Å². The van der Waals surface area contributed by atoms with E-state index in [1.54, 1.807) is 0 Å². The largest absolute Gasteiger partial charge is 0.294 e. The summed E-state index contributed by atoms with van der Waals surface area (Å²) < 4.78 is 0.994. The molecule has 2 rings (SSSR count). The molecular weight excluding hydrogens is 300 g/mol. The minimum absolute atomic E-state index is 0.185. The maximum Gasteiger partial charge on any atom is 0.163 e. The summed E-state index contributed by atoms with van der Waals surface area (Å²) >= 11 is 3.36. The Balaban J connectivity index is 1.84. The molecule has 2 aromatic rings. The summed E-state index contributed by atoms with van der Waals surface area (Å²) in [6.45, 7) is 0. The molecule has 0 atom stereocenters. The highest BCUT2D eigenvalue weighted by Gasteiger charge is 2.03. The van der Waals surface area contributed by atoms with Crippen LogP contribution in [0.15, 0.2) is 65.1 Å². The quantitative estimate of drug-likeness (QED) is 0.699. The second-order valence-corrected chi connectivity index (χ2v) is 5.20. The molecule has 1 nitrogen and oxygen atoms in total. The van der Waals surface area contributed by atoms with Gasteiger partial charge in [0.2, 0.25) is 0 Å². The summed E-state index contributed by atoms with van der Waals surface area (Å²) in [5.41, 5.74) is 1.94. The fourth-order valence-corrected chi connectivity index (χ4v) is 2.04. The lowest BCUT2D eigenvalue weighted by Gasteiger charge is -1.99. The number of hydrogen-bond acceptors (Lipinski definition) is 1. The molecule has 0 aliphatic rings. The standard InChI is InChI=1S/C17H15BrO/c18-16-12-10-15(11-13-16)17(19)9-5-4-8-14-6-2-1-3-7-14/h1-4,6-8,10-13H,5,9H2/b8-4+. The van der Waals surface area contributed by atoms with E-state index >= 15 is 0 Å². The van der Waals surface area contributed by atoms with Gasteiger partial charge >= 0.3 is 0 Å². The van der Waals surface area contributed by atoms with E-state index in [-0.39, 0.29) is 5.78 Å². The molecule has 0 N–H and O–H groups in total. The second kappa shape index (κ2) is 7.05. The van der Waals surface area contributed by atoms with Crippen molar-refractivity contribution in [3.05, 3.63) is 76.3 Å². The first-order valence-electron chi connectivity index (χ1n) is 6.26. The van der Waals surface area contributed by atoms with Crippen LogP contribution in [0, 0.1) is 0 Å². The third-order valence-corrected chi connectivity index (χ3v) is 3.34. The van der Waals surface area contributed by atoms with E-state index in [2.05, 4.69) is 22.0 Å². The molecule has 0 saturated heterocycles. The second-order valence-electron chi connectivity index (χ2n) is 4.28. The molecular formula is C17H15BrO. The normalized spacial score (nSPS) is 10.8. The highest BCUT2D eigenvalue weighted by molar-refractivity contribution is 9.10. The van der Waals surface area contributed by atoms with Crippen LogP contribution in [0.1, 0.15) is 28.8 Å². The fourth-order valence-electron chi connectivity index (χ4n) is 1.78. The van der Waals surface area contributed by atoms with Crippen molar-refractivity contribution in [3.8, 4) is 0 Å². The van der Waals surface area contributed by atoms with Gasteiger partial charge in [-0.1, -0.05) is 70.5 Å². The molecule has 0 bridgehead atoms. The number of benzene rings is 2. The Morgan fingerprint density at radius 3 is 2.37 bits per heavy atom. The Morgan fingerprint density at radius 1 is 1.00 bits per heavy atom. The van der Waals surface area contributed by atoms with Crippen LogP contribution in [-0.2, 0) is 0 Å². The number of Topliss-reactive ketones (excluding diaryl/α,β-unsaturated/α-hetero) is 1. The van der Waals surface area contributed by atoms with E-state index in [4.69, 9.17) is 0 Å². The van der Waals surface area contributed by atoms with E-state index in [1.807, 2.05) is 60.7 Å². The SMILES string of the molecule is O=C(CC/C=C/c1ccccc1)c1ccc(Br)cc1. The lowest BCUT2D eigenvalue weighted by Crippen LogP contribution is -1.97. The van der Waals surface area contributed by atoms with Crippen molar-refractivity contribution in [1.29, 1.82) is 0 Å².